The number of nitrogens with zero attached hydrogens (tertiary/aromatic N) is 2. The fourth-order valence-corrected chi connectivity index (χ4v) is 0. The molecular weight excluding hydrogens is 215 g/mol. The molecular formula is N2O6Zr+2. The van der Waals surface area contributed by atoms with Gasteiger partial charge < -0.3 is 30.6 Å². The Kier molecular flexibility index (Phi) is 18.0. The van der Waals surface area contributed by atoms with E-state index in [-0.39, 0.29) is 26.2 Å². The van der Waals surface area contributed by atoms with Gasteiger partial charge in [0.1, 0.15) is 0 Å². The predicted molar refractivity (Wildman–Crippen MR) is 20.7 cm³/mol. The van der Waals surface area contributed by atoms with Crippen molar-refractivity contribution in [3.63, 3.8) is 0 Å². The van der Waals surface area contributed by atoms with E-state index in [4.69, 9.17) is 30.6 Å². The molecule has 0 spiro atoms. The van der Waals surface area contributed by atoms with Crippen molar-refractivity contribution < 1.29 is 36.4 Å². The summed E-state index contributed by atoms with van der Waals surface area (Å²) in [6.45, 7) is 0. The molecule has 0 heterocycles. The molecule has 48 valence electrons. The summed E-state index contributed by atoms with van der Waals surface area (Å²) in [7, 11) is 0. The van der Waals surface area contributed by atoms with Crippen LogP contribution in [0.25, 0.3) is 0 Å². The van der Waals surface area contributed by atoms with Gasteiger partial charge in [-0.3, -0.25) is 0 Å². The predicted octanol–water partition coefficient (Wildman–Crippen LogP) is -0.481. The van der Waals surface area contributed by atoms with E-state index in [1.54, 1.807) is 0 Å². The Morgan fingerprint density at radius 1 is 0.778 bits per heavy atom. The standard InChI is InChI=1S/2NO3.Zr/c2*2-1(3)4;/q2*-1;+4. The van der Waals surface area contributed by atoms with Crippen LogP contribution >= 0.6 is 0 Å². The minimum atomic E-state index is -1.75. The van der Waals surface area contributed by atoms with Crippen molar-refractivity contribution in [3.05, 3.63) is 30.6 Å². The first-order valence-electron chi connectivity index (χ1n) is 1.10. The topological polar surface area (TPSA) is 132 Å². The van der Waals surface area contributed by atoms with Crippen LogP contribution in [0.3, 0.4) is 0 Å². The van der Waals surface area contributed by atoms with Crippen LogP contribution in [0, 0.1) is 30.6 Å². The molecule has 0 atom stereocenters. The van der Waals surface area contributed by atoms with Crippen LogP contribution in [0.15, 0.2) is 0 Å². The van der Waals surface area contributed by atoms with Gasteiger partial charge in [-0.15, -0.1) is 0 Å². The van der Waals surface area contributed by atoms with Crippen molar-refractivity contribution >= 4 is 0 Å². The molecule has 0 N–H and O–H groups in total. The second-order valence-electron chi connectivity index (χ2n) is 0.447. The molecule has 9 heavy (non-hydrogen) atoms. The van der Waals surface area contributed by atoms with Gasteiger partial charge in [-0.2, -0.15) is 0 Å². The monoisotopic (exact) mass is 214 g/mol. The van der Waals surface area contributed by atoms with Crippen LogP contribution in [0.4, 0.5) is 0 Å². The summed E-state index contributed by atoms with van der Waals surface area (Å²) in [6.07, 6.45) is 0. The zero-order chi connectivity index (χ0) is 7.15. The molecule has 0 radical (unpaired) electrons. The SMILES string of the molecule is O=[N+]([O-])[O-].O=[N+]([O-])[O-].[Zr+4]. The second kappa shape index (κ2) is 10.3. The van der Waals surface area contributed by atoms with Crippen molar-refractivity contribution in [1.82, 2.24) is 0 Å². The summed E-state index contributed by atoms with van der Waals surface area (Å²) in [6, 6.07) is 0. The van der Waals surface area contributed by atoms with Gasteiger partial charge in [0.2, 0.25) is 0 Å². The van der Waals surface area contributed by atoms with Gasteiger partial charge >= 0.3 is 26.2 Å². The molecule has 0 aromatic rings. The quantitative estimate of drug-likeness (QED) is 0.395. The van der Waals surface area contributed by atoms with E-state index in [1.165, 1.54) is 0 Å². The van der Waals surface area contributed by atoms with Crippen LogP contribution in [-0.4, -0.2) is 10.2 Å². The van der Waals surface area contributed by atoms with E-state index in [2.05, 4.69) is 0 Å². The molecule has 0 amide bonds. The Balaban J connectivity index is -0.0000000720. The molecule has 0 saturated heterocycles. The Morgan fingerprint density at radius 2 is 0.778 bits per heavy atom. The van der Waals surface area contributed by atoms with E-state index >= 15 is 0 Å². The molecule has 0 saturated carbocycles. The van der Waals surface area contributed by atoms with Gasteiger partial charge in [0, 0.05) is 0 Å². The first kappa shape index (κ1) is 15.7. The van der Waals surface area contributed by atoms with E-state index in [9.17, 15) is 0 Å². The van der Waals surface area contributed by atoms with Gasteiger partial charge in [-0.25, -0.2) is 0 Å². The fourth-order valence-electron chi connectivity index (χ4n) is 0. The van der Waals surface area contributed by atoms with Crippen LogP contribution in [0.1, 0.15) is 0 Å². The summed E-state index contributed by atoms with van der Waals surface area (Å²) in [5.74, 6) is 0. The van der Waals surface area contributed by atoms with Crippen molar-refractivity contribution in [2.45, 2.75) is 0 Å². The molecule has 0 aromatic heterocycles. The van der Waals surface area contributed by atoms with Gasteiger partial charge in [-0.05, 0) is 0 Å². The summed E-state index contributed by atoms with van der Waals surface area (Å²) in [4.78, 5) is 16.5. The third-order valence-electron chi connectivity index (χ3n) is 0. The minimum Gasteiger partial charge on any atom is -0.356 e. The average Bonchev–Trinajstić information content (AvgIpc) is 1.25. The first-order valence-corrected chi connectivity index (χ1v) is 1.10. The third-order valence-corrected chi connectivity index (χ3v) is 0. The van der Waals surface area contributed by atoms with E-state index < -0.39 is 10.2 Å². The maximum Gasteiger partial charge on any atom is 4.00 e. The Hall–Kier alpha value is -0.717. The Morgan fingerprint density at radius 3 is 0.778 bits per heavy atom. The average molecular weight is 215 g/mol. The van der Waals surface area contributed by atoms with Crippen LogP contribution in [-0.2, 0) is 26.2 Å². The molecule has 8 nitrogen and oxygen atoms in total. The van der Waals surface area contributed by atoms with Crippen LogP contribution in [0.5, 0.6) is 0 Å². The molecule has 0 unspecified atom stereocenters. The Labute approximate surface area is 67.4 Å². The molecule has 0 aliphatic heterocycles. The maximum atomic E-state index is 8.25. The Bertz CT molecular complexity index is 69.1. The fraction of sp³-hybridized carbons (Fsp3) is 0. The number of hydrogen-bond donors (Lipinski definition) is 0. The summed E-state index contributed by atoms with van der Waals surface area (Å²) in [5, 5.41) is 29.5. The van der Waals surface area contributed by atoms with Crippen molar-refractivity contribution in [3.8, 4) is 0 Å². The molecule has 0 aliphatic rings. The molecule has 0 rings (SSSR count). The molecule has 0 bridgehead atoms. The zero-order valence-electron chi connectivity index (χ0n) is 3.84. The van der Waals surface area contributed by atoms with Crippen molar-refractivity contribution in [2.24, 2.45) is 0 Å². The van der Waals surface area contributed by atoms with Gasteiger partial charge in [0.15, 0.2) is 0 Å². The van der Waals surface area contributed by atoms with E-state index in [0.717, 1.165) is 0 Å². The smallest absolute Gasteiger partial charge is 0.356 e. The molecule has 9 heteroatoms. The molecule has 0 aliphatic carbocycles. The maximum absolute atomic E-state index is 8.25. The van der Waals surface area contributed by atoms with Crippen molar-refractivity contribution in [2.75, 3.05) is 0 Å². The van der Waals surface area contributed by atoms with Crippen LogP contribution in [0.2, 0.25) is 0 Å². The largest absolute Gasteiger partial charge is 4.00 e. The second-order valence-corrected chi connectivity index (χ2v) is 0.447. The molecule has 0 aromatic carbocycles. The molecule has 0 fully saturated rings. The summed E-state index contributed by atoms with van der Waals surface area (Å²) < 4.78 is 0. The van der Waals surface area contributed by atoms with E-state index in [1.807, 2.05) is 0 Å². The third kappa shape index (κ3) is 396. The summed E-state index contributed by atoms with van der Waals surface area (Å²) in [5.41, 5.74) is 0. The van der Waals surface area contributed by atoms with E-state index in [0.29, 0.717) is 0 Å². The van der Waals surface area contributed by atoms with Gasteiger partial charge in [-0.1, -0.05) is 0 Å². The van der Waals surface area contributed by atoms with Gasteiger partial charge in [0.05, 0.1) is 10.2 Å². The van der Waals surface area contributed by atoms with Gasteiger partial charge in [0.25, 0.3) is 0 Å². The number of rotatable bonds is 0. The normalized spacial score (nSPS) is 5.33. The number of hydrogen-bond acceptors (Lipinski definition) is 6. The first-order chi connectivity index (χ1) is 3.46. The minimum absolute atomic E-state index is 0. The zero-order valence-corrected chi connectivity index (χ0v) is 6.30. The van der Waals surface area contributed by atoms with Crippen LogP contribution < -0.4 is 0 Å². The van der Waals surface area contributed by atoms with Crippen molar-refractivity contribution in [1.29, 1.82) is 0 Å². The summed E-state index contributed by atoms with van der Waals surface area (Å²) >= 11 is 0.